The summed E-state index contributed by atoms with van der Waals surface area (Å²) in [5.74, 6) is 2.20. The van der Waals surface area contributed by atoms with Gasteiger partial charge in [-0.15, -0.1) is 0 Å². The van der Waals surface area contributed by atoms with Crippen molar-refractivity contribution in [2.75, 3.05) is 33.9 Å². The van der Waals surface area contributed by atoms with Gasteiger partial charge in [0.15, 0.2) is 0 Å². The Balaban J connectivity index is 1.18. The minimum Gasteiger partial charge on any atom is -0.497 e. The molecule has 5 rings (SSSR count). The van der Waals surface area contributed by atoms with E-state index in [1.165, 1.54) is 54.6 Å². The van der Waals surface area contributed by atoms with Crippen molar-refractivity contribution in [2.24, 2.45) is 0 Å². The number of halogens is 1. The van der Waals surface area contributed by atoms with Crippen molar-refractivity contribution in [3.8, 4) is 11.5 Å². The summed E-state index contributed by atoms with van der Waals surface area (Å²) in [4.78, 5) is 2.52. The Morgan fingerprint density at radius 3 is 2.44 bits per heavy atom. The maximum Gasteiger partial charge on any atom is 0.126 e. The quantitative estimate of drug-likeness (QED) is 0.295. The molecule has 208 valence electrons. The molecule has 3 aromatic rings. The molecule has 3 aromatic carbocycles. The molecule has 1 saturated heterocycles. The number of rotatable bonds is 11. The van der Waals surface area contributed by atoms with Crippen molar-refractivity contribution in [1.82, 2.24) is 10.2 Å². The molecule has 1 unspecified atom stereocenters. The maximum atomic E-state index is 14.9. The summed E-state index contributed by atoms with van der Waals surface area (Å²) in [5.41, 5.74) is 7.26. The van der Waals surface area contributed by atoms with Crippen LogP contribution >= 0.6 is 0 Å². The van der Waals surface area contributed by atoms with Crippen LogP contribution in [0.4, 0.5) is 4.39 Å². The van der Waals surface area contributed by atoms with Gasteiger partial charge in [-0.25, -0.2) is 4.39 Å². The number of likely N-dealkylation sites (tertiary alicyclic amines) is 1. The van der Waals surface area contributed by atoms with Crippen LogP contribution in [0.2, 0.25) is 0 Å². The Hall–Kier alpha value is -2.89. The Labute approximate surface area is 233 Å². The third-order valence-electron chi connectivity index (χ3n) is 8.56. The highest BCUT2D eigenvalue weighted by Crippen LogP contribution is 2.36. The van der Waals surface area contributed by atoms with Crippen LogP contribution in [0.3, 0.4) is 0 Å². The van der Waals surface area contributed by atoms with E-state index < -0.39 is 0 Å². The first-order valence-corrected chi connectivity index (χ1v) is 14.7. The highest BCUT2D eigenvalue weighted by molar-refractivity contribution is 5.43. The smallest absolute Gasteiger partial charge is 0.126 e. The van der Waals surface area contributed by atoms with Gasteiger partial charge in [0.1, 0.15) is 17.3 Å². The summed E-state index contributed by atoms with van der Waals surface area (Å²) in [7, 11) is 3.44. The van der Waals surface area contributed by atoms with Gasteiger partial charge in [0.25, 0.3) is 0 Å². The standard InChI is InChI=1S/C34H43FN2O2/c1-38-31-13-12-27-20-29(11-10-28(27)21-31)33-15-14-32(39-2)22-30(33)24-36-23-25-8-9-26(34(35)19-25)7-6-18-37-16-4-3-5-17-37/h8-9,12-15,19,21-22,29,36H,3-7,10-11,16-18,20,23-24H2,1-2H3. The van der Waals surface area contributed by atoms with Gasteiger partial charge in [0.05, 0.1) is 14.2 Å². The molecule has 0 amide bonds. The summed E-state index contributed by atoms with van der Waals surface area (Å²) in [6.07, 6.45) is 8.99. The topological polar surface area (TPSA) is 33.7 Å². The number of hydrogen-bond donors (Lipinski definition) is 1. The zero-order valence-corrected chi connectivity index (χ0v) is 23.6. The van der Waals surface area contributed by atoms with Gasteiger partial charge in [-0.1, -0.05) is 30.7 Å². The maximum absolute atomic E-state index is 14.9. The van der Waals surface area contributed by atoms with Crippen molar-refractivity contribution in [1.29, 1.82) is 0 Å². The number of ether oxygens (including phenoxy) is 2. The molecule has 4 nitrogen and oxygen atoms in total. The van der Waals surface area contributed by atoms with Gasteiger partial charge < -0.3 is 19.7 Å². The first-order chi connectivity index (χ1) is 19.1. The summed E-state index contributed by atoms with van der Waals surface area (Å²) < 4.78 is 25.8. The molecule has 5 heteroatoms. The zero-order valence-electron chi connectivity index (χ0n) is 23.6. The molecule has 1 fully saturated rings. The lowest BCUT2D eigenvalue weighted by molar-refractivity contribution is 0.226. The molecule has 1 N–H and O–H groups in total. The molecular weight excluding hydrogens is 487 g/mol. The number of methoxy groups -OCH3 is 2. The molecule has 2 aliphatic rings. The van der Waals surface area contributed by atoms with Crippen LogP contribution in [0.25, 0.3) is 0 Å². The fourth-order valence-electron chi connectivity index (χ4n) is 6.31. The average molecular weight is 531 g/mol. The SMILES string of the molecule is COc1ccc2c(c1)CCC(c1ccc(OC)cc1CNCc1ccc(CCCN3CCCCC3)c(F)c1)C2. The van der Waals surface area contributed by atoms with E-state index in [-0.39, 0.29) is 5.82 Å². The summed E-state index contributed by atoms with van der Waals surface area (Å²) in [5, 5.41) is 3.57. The van der Waals surface area contributed by atoms with E-state index in [9.17, 15) is 4.39 Å². The highest BCUT2D eigenvalue weighted by Gasteiger charge is 2.23. The Kier molecular flexibility index (Phi) is 9.54. The van der Waals surface area contributed by atoms with Crippen LogP contribution in [0.1, 0.15) is 71.4 Å². The van der Waals surface area contributed by atoms with Crippen molar-refractivity contribution < 1.29 is 13.9 Å². The van der Waals surface area contributed by atoms with Gasteiger partial charge in [0, 0.05) is 13.1 Å². The third kappa shape index (κ3) is 7.20. The fraction of sp³-hybridized carbons (Fsp3) is 0.471. The van der Waals surface area contributed by atoms with E-state index in [1.807, 2.05) is 6.07 Å². The zero-order chi connectivity index (χ0) is 27.0. The average Bonchev–Trinajstić information content (AvgIpc) is 2.98. The second-order valence-corrected chi connectivity index (χ2v) is 11.2. The number of hydrogen-bond acceptors (Lipinski definition) is 4. The molecule has 1 heterocycles. The number of nitrogens with one attached hydrogen (secondary N) is 1. The number of fused-ring (bicyclic) bond motifs is 1. The minimum atomic E-state index is -0.0764. The molecular formula is C34H43FN2O2. The predicted octanol–water partition coefficient (Wildman–Crippen LogP) is 6.82. The van der Waals surface area contributed by atoms with Crippen LogP contribution in [0.5, 0.6) is 11.5 Å². The van der Waals surface area contributed by atoms with Crippen LogP contribution in [0.15, 0.2) is 54.6 Å². The molecule has 1 aliphatic carbocycles. The number of aryl methyl sites for hydroxylation is 2. The lowest BCUT2D eigenvalue weighted by atomic mass is 9.78. The third-order valence-corrected chi connectivity index (χ3v) is 8.56. The first kappa shape index (κ1) is 27.7. The summed E-state index contributed by atoms with van der Waals surface area (Å²) in [6.45, 7) is 4.83. The highest BCUT2D eigenvalue weighted by atomic mass is 19.1. The second-order valence-electron chi connectivity index (χ2n) is 11.2. The van der Waals surface area contributed by atoms with Crippen LogP contribution < -0.4 is 14.8 Å². The second kappa shape index (κ2) is 13.5. The lowest BCUT2D eigenvalue weighted by Gasteiger charge is -2.27. The number of benzene rings is 3. The predicted molar refractivity (Wildman–Crippen MR) is 156 cm³/mol. The minimum absolute atomic E-state index is 0.0764. The molecule has 1 atom stereocenters. The summed E-state index contributed by atoms with van der Waals surface area (Å²) in [6, 6.07) is 18.7. The summed E-state index contributed by atoms with van der Waals surface area (Å²) >= 11 is 0. The normalized spacial score (nSPS) is 17.6. The molecule has 0 radical (unpaired) electrons. The Morgan fingerprint density at radius 1 is 0.846 bits per heavy atom. The Morgan fingerprint density at radius 2 is 1.64 bits per heavy atom. The molecule has 0 bridgehead atoms. The Bertz CT molecular complexity index is 1240. The molecule has 39 heavy (non-hydrogen) atoms. The van der Waals surface area contributed by atoms with Gasteiger partial charge in [-0.2, -0.15) is 0 Å². The van der Waals surface area contributed by atoms with Gasteiger partial charge in [-0.3, -0.25) is 0 Å². The van der Waals surface area contributed by atoms with E-state index >= 15 is 0 Å². The lowest BCUT2D eigenvalue weighted by Crippen LogP contribution is -2.30. The monoisotopic (exact) mass is 530 g/mol. The van der Waals surface area contributed by atoms with Crippen molar-refractivity contribution >= 4 is 0 Å². The molecule has 0 aromatic heterocycles. The van der Waals surface area contributed by atoms with Crippen LogP contribution in [-0.4, -0.2) is 38.8 Å². The van der Waals surface area contributed by atoms with E-state index in [0.717, 1.165) is 67.8 Å². The van der Waals surface area contributed by atoms with Crippen LogP contribution in [-0.2, 0) is 32.4 Å². The van der Waals surface area contributed by atoms with Crippen molar-refractivity contribution in [3.63, 3.8) is 0 Å². The first-order valence-electron chi connectivity index (χ1n) is 14.7. The van der Waals surface area contributed by atoms with Gasteiger partial charge >= 0.3 is 0 Å². The molecule has 0 saturated carbocycles. The van der Waals surface area contributed by atoms with E-state index in [1.54, 1.807) is 20.3 Å². The van der Waals surface area contributed by atoms with Gasteiger partial charge in [0.2, 0.25) is 0 Å². The number of piperidine rings is 1. The van der Waals surface area contributed by atoms with E-state index in [0.29, 0.717) is 12.5 Å². The van der Waals surface area contributed by atoms with E-state index in [4.69, 9.17) is 9.47 Å². The fourth-order valence-corrected chi connectivity index (χ4v) is 6.31. The molecule has 1 aliphatic heterocycles. The molecule has 0 spiro atoms. The largest absolute Gasteiger partial charge is 0.497 e. The number of nitrogens with zero attached hydrogens (tertiary/aromatic N) is 1. The van der Waals surface area contributed by atoms with Gasteiger partial charge in [-0.05, 0) is 134 Å². The van der Waals surface area contributed by atoms with Crippen molar-refractivity contribution in [2.45, 2.75) is 70.4 Å². The van der Waals surface area contributed by atoms with E-state index in [2.05, 4.69) is 52.7 Å². The van der Waals surface area contributed by atoms with Crippen LogP contribution in [0, 0.1) is 5.82 Å². The van der Waals surface area contributed by atoms with Crippen molar-refractivity contribution in [3.05, 3.63) is 93.8 Å².